The van der Waals surface area contributed by atoms with Crippen molar-refractivity contribution in [3.8, 4) is 21.6 Å². The number of piperidine rings is 1. The van der Waals surface area contributed by atoms with Gasteiger partial charge in [0, 0.05) is 106 Å². The van der Waals surface area contributed by atoms with Crippen molar-refractivity contribution in [3.05, 3.63) is 143 Å². The molecule has 2 unspecified atom stereocenters. The van der Waals surface area contributed by atoms with E-state index in [-0.39, 0.29) is 61.8 Å². The van der Waals surface area contributed by atoms with Crippen molar-refractivity contribution in [2.45, 2.75) is 83.7 Å². The molecule has 4 aromatic heterocycles. The normalized spacial score (nSPS) is 20.3. The lowest BCUT2D eigenvalue weighted by molar-refractivity contribution is -0.140. The van der Waals surface area contributed by atoms with Crippen LogP contribution in [0.15, 0.2) is 103 Å². The summed E-state index contributed by atoms with van der Waals surface area (Å²) in [6, 6.07) is 20.6. The van der Waals surface area contributed by atoms with E-state index in [1.54, 1.807) is 34.7 Å². The Morgan fingerprint density at radius 2 is 1.57 bits per heavy atom. The lowest BCUT2D eigenvalue weighted by atomic mass is 9.87. The van der Waals surface area contributed by atoms with Crippen molar-refractivity contribution < 1.29 is 41.4 Å². The molecule has 0 bridgehead atoms. The maximum atomic E-state index is 16.1. The number of thiazole rings is 1. The van der Waals surface area contributed by atoms with Crippen LogP contribution in [0, 0.1) is 30.4 Å². The van der Waals surface area contributed by atoms with Crippen LogP contribution >= 0.6 is 11.3 Å². The van der Waals surface area contributed by atoms with Gasteiger partial charge in [-0.2, -0.15) is 0 Å². The number of halogens is 3. The Kier molecular flexibility index (Phi) is 17.1. The molecule has 8 heterocycles. The number of nitrogens with one attached hydrogen (secondary N) is 2. The second-order valence-corrected chi connectivity index (χ2v) is 24.3. The number of alkyl halides is 1. The van der Waals surface area contributed by atoms with Crippen molar-refractivity contribution in [2.75, 3.05) is 79.7 Å². The maximum Gasteiger partial charge on any atom is 0.243 e. The van der Waals surface area contributed by atoms with Gasteiger partial charge in [-0.1, -0.05) is 50.2 Å². The number of ketones is 1. The SMILES string of the molecule is Cc1ncsc1-c1ccc([C@H](C)NC(=O)[C@@H]2C[C@@H](O)CN2C(=O)C(c2cncc(N3CCN(CC4CCN(c5ccc(-c6cnc7[nH]cc(C(=O)c8c(F)ccc(N(N9CC[C@@H](F)C9)S(=O)[O-])c8F)c7c6)cc5)CC4)CC3)c2)C(C)C)cc1. The molecule has 17 nitrogen and oxygen atoms in total. The minimum atomic E-state index is -3.08. The van der Waals surface area contributed by atoms with E-state index in [0.29, 0.717) is 26.9 Å². The van der Waals surface area contributed by atoms with Crippen LogP contribution in [0.25, 0.3) is 32.6 Å². The first kappa shape index (κ1) is 57.7. The molecule has 11 rings (SSSR count). The van der Waals surface area contributed by atoms with Crippen LogP contribution in [-0.2, 0) is 20.9 Å². The molecule has 4 aliphatic heterocycles. The number of carbonyl (C=O) groups excluding carboxylic acids is 3. The molecule has 3 N–H and O–H groups in total. The number of rotatable bonds is 17. The molecule has 6 atom stereocenters. The number of aromatic nitrogens is 4. The highest BCUT2D eigenvalue weighted by Gasteiger charge is 2.43. The molecular formula is C61H67F3N11O6S2-. The second kappa shape index (κ2) is 24.6. The third kappa shape index (κ3) is 12.2. The topological polar surface area (TPSA) is 198 Å². The Hall–Kier alpha value is -7.08. The summed E-state index contributed by atoms with van der Waals surface area (Å²) in [5.74, 6) is -4.16. The zero-order chi connectivity index (χ0) is 58.2. The number of nitrogens with zero attached hydrogens (tertiary/aromatic N) is 9. The maximum absolute atomic E-state index is 16.1. The Labute approximate surface area is 486 Å². The fourth-order valence-electron chi connectivity index (χ4n) is 12.3. The van der Waals surface area contributed by atoms with E-state index in [4.69, 9.17) is 0 Å². The molecule has 4 saturated heterocycles. The number of aliphatic hydroxyl groups excluding tert-OH is 1. The number of aliphatic hydroxyl groups is 1. The van der Waals surface area contributed by atoms with Gasteiger partial charge in [-0.05, 0) is 104 Å². The zero-order valence-electron chi connectivity index (χ0n) is 46.7. The minimum Gasteiger partial charge on any atom is -0.754 e. The Morgan fingerprint density at radius 3 is 2.24 bits per heavy atom. The number of anilines is 3. The monoisotopic (exact) mass is 1170 g/mol. The van der Waals surface area contributed by atoms with Crippen LogP contribution in [0.4, 0.5) is 30.2 Å². The number of aryl methyl sites for hydroxylation is 1. The van der Waals surface area contributed by atoms with E-state index in [1.165, 1.54) is 6.20 Å². The first-order chi connectivity index (χ1) is 40.0. The summed E-state index contributed by atoms with van der Waals surface area (Å²) < 4.78 is 70.5. The average Bonchev–Trinajstić information content (AvgIpc) is 3.89. The fraction of sp³-hybridized carbons (Fsp3) is 0.410. The van der Waals surface area contributed by atoms with Crippen LogP contribution in [0.1, 0.15) is 91.2 Å². The molecule has 2 amide bonds. The lowest BCUT2D eigenvalue weighted by Gasteiger charge is -2.40. The van der Waals surface area contributed by atoms with Gasteiger partial charge in [0.15, 0.2) is 5.82 Å². The summed E-state index contributed by atoms with van der Waals surface area (Å²) >= 11 is -1.49. The molecule has 3 aromatic carbocycles. The van der Waals surface area contributed by atoms with Gasteiger partial charge in [0.2, 0.25) is 17.6 Å². The summed E-state index contributed by atoms with van der Waals surface area (Å²) in [5.41, 5.74) is 7.87. The summed E-state index contributed by atoms with van der Waals surface area (Å²) in [6.07, 6.45) is 6.73. The third-order valence-electron chi connectivity index (χ3n) is 16.9. The average molecular weight is 1170 g/mol. The van der Waals surface area contributed by atoms with Gasteiger partial charge in [0.05, 0.1) is 69.4 Å². The van der Waals surface area contributed by atoms with Crippen molar-refractivity contribution in [1.29, 1.82) is 0 Å². The number of piperazine rings is 1. The van der Waals surface area contributed by atoms with Crippen molar-refractivity contribution in [3.63, 3.8) is 0 Å². The highest BCUT2D eigenvalue weighted by Crippen LogP contribution is 2.37. The minimum absolute atomic E-state index is 0.00863. The molecule has 4 fully saturated rings. The van der Waals surface area contributed by atoms with E-state index in [0.717, 1.165) is 120 Å². The number of likely N-dealkylation sites (tertiary alicyclic amines) is 1. The Balaban J connectivity index is 0.670. The molecule has 0 radical (unpaired) electrons. The first-order valence-electron chi connectivity index (χ1n) is 28.3. The van der Waals surface area contributed by atoms with Gasteiger partial charge in [0.1, 0.15) is 29.4 Å². The zero-order valence-corrected chi connectivity index (χ0v) is 48.4. The van der Waals surface area contributed by atoms with Crippen LogP contribution in [0.5, 0.6) is 0 Å². The van der Waals surface area contributed by atoms with Crippen LogP contribution in [0.2, 0.25) is 0 Å². The predicted molar refractivity (Wildman–Crippen MR) is 314 cm³/mol. The number of fused-ring (bicyclic) bond motifs is 1. The molecule has 83 heavy (non-hydrogen) atoms. The summed E-state index contributed by atoms with van der Waals surface area (Å²) in [6.45, 7) is 13.9. The van der Waals surface area contributed by atoms with Gasteiger partial charge in [-0.3, -0.25) is 28.5 Å². The van der Waals surface area contributed by atoms with Crippen molar-refractivity contribution in [1.82, 2.24) is 40.1 Å². The van der Waals surface area contributed by atoms with E-state index >= 15 is 8.78 Å². The highest BCUT2D eigenvalue weighted by molar-refractivity contribution is 7.80. The fourth-order valence-corrected chi connectivity index (χ4v) is 13.8. The number of hydrazine groups is 1. The number of hydrogen-bond acceptors (Lipinski definition) is 14. The van der Waals surface area contributed by atoms with E-state index in [1.807, 2.05) is 75.8 Å². The number of benzene rings is 3. The number of H-pyrrole nitrogens is 1. The number of carbonyl (C=O) groups is 3. The van der Waals surface area contributed by atoms with Gasteiger partial charge in [0.25, 0.3) is 0 Å². The second-order valence-electron chi connectivity index (χ2n) is 22.7. The Morgan fingerprint density at radius 1 is 0.843 bits per heavy atom. The number of β-amino-alcohol motifs (C(OH)–C–C–N with tert-alkyl or cyclic N) is 1. The third-order valence-corrected chi connectivity index (χ3v) is 18.6. The van der Waals surface area contributed by atoms with Gasteiger partial charge in [-0.25, -0.2) is 32.6 Å². The van der Waals surface area contributed by atoms with E-state index in [9.17, 15) is 32.6 Å². The number of hydrogen-bond donors (Lipinski definition) is 3. The quantitative estimate of drug-likeness (QED) is 0.0579. The van der Waals surface area contributed by atoms with Gasteiger partial charge < -0.3 is 34.7 Å². The van der Waals surface area contributed by atoms with Crippen molar-refractivity contribution >= 4 is 68.3 Å². The van der Waals surface area contributed by atoms with E-state index in [2.05, 4.69) is 58.2 Å². The van der Waals surface area contributed by atoms with Crippen LogP contribution in [-0.4, -0.2) is 150 Å². The molecule has 0 aliphatic carbocycles. The standard InChI is InChI=1S/C61H68F3N11O6S2/c1-36(2)54(61(79)74-34-48(76)27-53(74)60(78)69-37(3)40-5-7-42(8-6-40)58-38(4)68-35-82-58)44-25-47(30-65-28-44)72-23-21-70(22-24-72)32-39-15-18-71(19-16-39)46-11-9-41(10-12-46)43-26-49-50(31-67-59(49)66-29-43)57(77)55-51(63)13-14-52(56(55)64)75(83(80)81)73-20-17-45(62)33-73/h5-14,25-26,28-31,35-37,39,45,48,53-54,76H,15-24,27,32-34H2,1-4H3,(H,66,67)(H,69,78)(H,80,81)/p-1/t37-,45+,48+,53-,54?/m0/s1. The van der Waals surface area contributed by atoms with Crippen LogP contribution in [0.3, 0.4) is 0 Å². The highest BCUT2D eigenvalue weighted by atomic mass is 32.2. The van der Waals surface area contributed by atoms with Gasteiger partial charge >= 0.3 is 0 Å². The number of aromatic amines is 1. The predicted octanol–water partition coefficient (Wildman–Crippen LogP) is 8.74. The molecule has 0 saturated carbocycles. The number of amides is 2. The van der Waals surface area contributed by atoms with E-state index < -0.39 is 64.2 Å². The molecular weight excluding hydrogens is 1100 g/mol. The van der Waals surface area contributed by atoms with Gasteiger partial charge in [-0.15, -0.1) is 11.3 Å². The first-order valence-corrected chi connectivity index (χ1v) is 30.3. The molecule has 436 valence electrons. The Bertz CT molecular complexity index is 3520. The number of pyridine rings is 2. The smallest absolute Gasteiger partial charge is 0.243 e. The summed E-state index contributed by atoms with van der Waals surface area (Å²) in [4.78, 5) is 68.7. The van der Waals surface area contributed by atoms with Crippen molar-refractivity contribution in [2.24, 2.45) is 11.8 Å². The summed E-state index contributed by atoms with van der Waals surface area (Å²) in [5, 5.41) is 15.4. The van der Waals surface area contributed by atoms with Crippen LogP contribution < -0.4 is 19.5 Å². The molecule has 22 heteroatoms. The lowest BCUT2D eigenvalue weighted by Crippen LogP contribution is -2.49. The molecule has 4 aliphatic rings. The largest absolute Gasteiger partial charge is 0.754 e. The molecule has 0 spiro atoms. The summed E-state index contributed by atoms with van der Waals surface area (Å²) in [7, 11) is 0. The molecule has 7 aromatic rings.